The van der Waals surface area contributed by atoms with Crippen molar-refractivity contribution in [1.29, 1.82) is 0 Å². The lowest BCUT2D eigenvalue weighted by Crippen LogP contribution is -2.25. The van der Waals surface area contributed by atoms with Crippen molar-refractivity contribution in [1.82, 2.24) is 9.55 Å². The molecule has 0 radical (unpaired) electrons. The third-order valence-electron chi connectivity index (χ3n) is 4.44. The first-order valence-corrected chi connectivity index (χ1v) is 7.42. The van der Waals surface area contributed by atoms with Crippen molar-refractivity contribution >= 4 is 5.95 Å². The summed E-state index contributed by atoms with van der Waals surface area (Å²) in [5.41, 5.74) is 3.82. The maximum Gasteiger partial charge on any atom is 0.203 e. The first kappa shape index (κ1) is 11.9. The van der Waals surface area contributed by atoms with Gasteiger partial charge in [-0.25, -0.2) is 9.37 Å². The van der Waals surface area contributed by atoms with E-state index < -0.39 is 0 Å². The Balaban J connectivity index is 1.81. The molecule has 3 nitrogen and oxygen atoms in total. The van der Waals surface area contributed by atoms with Crippen molar-refractivity contribution in [2.45, 2.75) is 38.1 Å². The molecule has 1 N–H and O–H groups in total. The first-order valence-electron chi connectivity index (χ1n) is 7.42. The van der Waals surface area contributed by atoms with E-state index in [4.69, 9.17) is 4.98 Å². The minimum Gasteiger partial charge on any atom is -0.356 e. The van der Waals surface area contributed by atoms with Crippen LogP contribution in [0.15, 0.2) is 24.3 Å². The van der Waals surface area contributed by atoms with Crippen molar-refractivity contribution in [3.8, 4) is 0 Å². The summed E-state index contributed by atoms with van der Waals surface area (Å²) in [6.45, 7) is 0.929. The third kappa shape index (κ3) is 1.82. The van der Waals surface area contributed by atoms with Crippen molar-refractivity contribution in [3.05, 3.63) is 47.0 Å². The number of halogens is 1. The van der Waals surface area contributed by atoms with Gasteiger partial charge < -0.3 is 9.88 Å². The number of nitrogens with one attached hydrogen (secondary N) is 1. The zero-order chi connectivity index (χ0) is 13.5. The number of anilines is 1. The van der Waals surface area contributed by atoms with Gasteiger partial charge in [-0.1, -0.05) is 12.1 Å². The van der Waals surface area contributed by atoms with Crippen LogP contribution in [0.3, 0.4) is 0 Å². The van der Waals surface area contributed by atoms with Crippen LogP contribution in [0, 0.1) is 5.82 Å². The Labute approximate surface area is 117 Å². The standard InChI is InChI=1S/C16H18FN3/c17-12-7-5-11(6-8-12)14-9-10-18-16-19-13-3-1-2-4-15(13)20(14)16/h5-8,14H,1-4,9-10H2,(H,18,19). The molecule has 1 aliphatic heterocycles. The van der Waals surface area contributed by atoms with E-state index in [0.717, 1.165) is 31.8 Å². The predicted octanol–water partition coefficient (Wildman–Crippen LogP) is 3.31. The van der Waals surface area contributed by atoms with Gasteiger partial charge in [-0.2, -0.15) is 0 Å². The molecule has 2 aliphatic rings. The van der Waals surface area contributed by atoms with Crippen LogP contribution >= 0.6 is 0 Å². The predicted molar refractivity (Wildman–Crippen MR) is 76.5 cm³/mol. The molecule has 2 aromatic rings. The Morgan fingerprint density at radius 1 is 1.15 bits per heavy atom. The summed E-state index contributed by atoms with van der Waals surface area (Å²) in [6, 6.07) is 7.22. The average Bonchev–Trinajstić information content (AvgIpc) is 2.86. The van der Waals surface area contributed by atoms with E-state index in [1.807, 2.05) is 12.1 Å². The SMILES string of the molecule is Fc1ccc(C2CCNc3nc4c(n32)CCCC4)cc1. The maximum absolute atomic E-state index is 13.1. The largest absolute Gasteiger partial charge is 0.356 e. The van der Waals surface area contributed by atoms with Gasteiger partial charge in [-0.3, -0.25) is 0 Å². The molecule has 0 bridgehead atoms. The summed E-state index contributed by atoms with van der Waals surface area (Å²) in [6.07, 6.45) is 5.72. The molecule has 4 heteroatoms. The molecule has 104 valence electrons. The number of benzene rings is 1. The number of rotatable bonds is 1. The van der Waals surface area contributed by atoms with Crippen LogP contribution in [-0.2, 0) is 12.8 Å². The van der Waals surface area contributed by atoms with E-state index >= 15 is 0 Å². The molecular weight excluding hydrogens is 253 g/mol. The Morgan fingerprint density at radius 3 is 2.80 bits per heavy atom. The first-order chi connectivity index (χ1) is 9.83. The van der Waals surface area contributed by atoms with Crippen LogP contribution in [0.2, 0.25) is 0 Å². The number of fused-ring (bicyclic) bond motifs is 3. The monoisotopic (exact) mass is 271 g/mol. The van der Waals surface area contributed by atoms with E-state index in [1.165, 1.54) is 29.8 Å². The van der Waals surface area contributed by atoms with Gasteiger partial charge in [0.15, 0.2) is 0 Å². The van der Waals surface area contributed by atoms with Crippen LogP contribution in [0.5, 0.6) is 0 Å². The maximum atomic E-state index is 13.1. The lowest BCUT2D eigenvalue weighted by atomic mass is 9.98. The van der Waals surface area contributed by atoms with Crippen molar-refractivity contribution in [3.63, 3.8) is 0 Å². The Kier molecular flexibility index (Phi) is 2.76. The van der Waals surface area contributed by atoms with Crippen LogP contribution in [0.1, 0.15) is 42.3 Å². The summed E-state index contributed by atoms with van der Waals surface area (Å²) < 4.78 is 15.5. The second-order valence-corrected chi connectivity index (χ2v) is 5.69. The van der Waals surface area contributed by atoms with E-state index in [1.54, 1.807) is 12.1 Å². The summed E-state index contributed by atoms with van der Waals surface area (Å²) in [5, 5.41) is 3.41. The molecular formula is C16H18FN3. The smallest absolute Gasteiger partial charge is 0.203 e. The summed E-state index contributed by atoms with van der Waals surface area (Å²) in [4.78, 5) is 4.76. The van der Waals surface area contributed by atoms with Crippen molar-refractivity contribution in [2.24, 2.45) is 0 Å². The van der Waals surface area contributed by atoms with Gasteiger partial charge in [0.2, 0.25) is 5.95 Å². The molecule has 0 fully saturated rings. The van der Waals surface area contributed by atoms with Gasteiger partial charge in [0.05, 0.1) is 11.7 Å². The van der Waals surface area contributed by atoms with E-state index in [-0.39, 0.29) is 5.82 Å². The lowest BCUT2D eigenvalue weighted by Gasteiger charge is -2.29. The zero-order valence-electron chi connectivity index (χ0n) is 11.4. The molecule has 1 unspecified atom stereocenters. The minimum absolute atomic E-state index is 0.171. The highest BCUT2D eigenvalue weighted by Gasteiger charge is 2.28. The molecule has 1 aromatic heterocycles. The highest BCUT2D eigenvalue weighted by molar-refractivity contribution is 5.41. The van der Waals surface area contributed by atoms with Gasteiger partial charge in [0.1, 0.15) is 5.82 Å². The van der Waals surface area contributed by atoms with E-state index in [9.17, 15) is 4.39 Å². The van der Waals surface area contributed by atoms with Crippen molar-refractivity contribution in [2.75, 3.05) is 11.9 Å². The minimum atomic E-state index is -0.171. The summed E-state index contributed by atoms with van der Waals surface area (Å²) in [5.74, 6) is 0.827. The van der Waals surface area contributed by atoms with E-state index in [0.29, 0.717) is 6.04 Å². The lowest BCUT2D eigenvalue weighted by molar-refractivity contribution is 0.500. The third-order valence-corrected chi connectivity index (χ3v) is 4.44. The number of imidazole rings is 1. The molecule has 0 spiro atoms. The molecule has 1 aliphatic carbocycles. The fourth-order valence-corrected chi connectivity index (χ4v) is 3.47. The molecule has 0 saturated carbocycles. The molecule has 2 heterocycles. The van der Waals surface area contributed by atoms with Crippen LogP contribution < -0.4 is 5.32 Å². The molecule has 1 aromatic carbocycles. The Bertz CT molecular complexity index is 630. The highest BCUT2D eigenvalue weighted by Crippen LogP contribution is 2.35. The number of aromatic nitrogens is 2. The summed E-state index contributed by atoms with van der Waals surface area (Å²) >= 11 is 0. The van der Waals surface area contributed by atoms with Crippen LogP contribution in [0.25, 0.3) is 0 Å². The Morgan fingerprint density at radius 2 is 1.95 bits per heavy atom. The fraction of sp³-hybridized carbons (Fsp3) is 0.438. The van der Waals surface area contributed by atoms with Gasteiger partial charge in [0, 0.05) is 12.2 Å². The fourth-order valence-electron chi connectivity index (χ4n) is 3.47. The van der Waals surface area contributed by atoms with Crippen LogP contribution in [-0.4, -0.2) is 16.1 Å². The second-order valence-electron chi connectivity index (χ2n) is 5.69. The van der Waals surface area contributed by atoms with Crippen LogP contribution in [0.4, 0.5) is 10.3 Å². The molecule has 1 atom stereocenters. The molecule has 4 rings (SSSR count). The van der Waals surface area contributed by atoms with Gasteiger partial charge in [0.25, 0.3) is 0 Å². The van der Waals surface area contributed by atoms with Gasteiger partial charge in [-0.05, 0) is 49.8 Å². The number of hydrogen-bond donors (Lipinski definition) is 1. The number of hydrogen-bond acceptors (Lipinski definition) is 2. The quantitative estimate of drug-likeness (QED) is 0.862. The zero-order valence-corrected chi connectivity index (χ0v) is 11.4. The Hall–Kier alpha value is -1.84. The van der Waals surface area contributed by atoms with Crippen molar-refractivity contribution < 1.29 is 4.39 Å². The van der Waals surface area contributed by atoms with Gasteiger partial charge >= 0.3 is 0 Å². The normalized spacial score (nSPS) is 20.9. The van der Waals surface area contributed by atoms with Gasteiger partial charge in [-0.15, -0.1) is 0 Å². The molecule has 0 amide bonds. The molecule has 20 heavy (non-hydrogen) atoms. The molecule has 0 saturated heterocycles. The average molecular weight is 271 g/mol. The van der Waals surface area contributed by atoms with E-state index in [2.05, 4.69) is 9.88 Å². The number of aryl methyl sites for hydroxylation is 1. The number of nitrogens with zero attached hydrogens (tertiary/aromatic N) is 2. The topological polar surface area (TPSA) is 29.9 Å². The second kappa shape index (κ2) is 4.62. The summed E-state index contributed by atoms with van der Waals surface area (Å²) in [7, 11) is 0. The highest BCUT2D eigenvalue weighted by atomic mass is 19.1.